The molecule has 0 aromatic carbocycles. The van der Waals surface area contributed by atoms with Crippen LogP contribution in [0.5, 0.6) is 0 Å². The maximum absolute atomic E-state index is 5.92. The minimum atomic E-state index is -0.461. The van der Waals surface area contributed by atoms with Gasteiger partial charge >= 0.3 is 0 Å². The van der Waals surface area contributed by atoms with E-state index in [0.29, 0.717) is 6.42 Å². The summed E-state index contributed by atoms with van der Waals surface area (Å²) >= 11 is 3.43. The number of halogens is 1. The molecule has 4 nitrogen and oxygen atoms in total. The number of hydrogen-bond acceptors (Lipinski definition) is 4. The molecule has 0 saturated heterocycles. The monoisotopic (exact) mass is 336 g/mol. The molecule has 5 heteroatoms. The van der Waals surface area contributed by atoms with E-state index in [1.807, 2.05) is 18.2 Å². The molecule has 0 saturated carbocycles. The van der Waals surface area contributed by atoms with Gasteiger partial charge in [0.2, 0.25) is 0 Å². The Hall–Kier alpha value is -1.20. The summed E-state index contributed by atoms with van der Waals surface area (Å²) in [5, 5.41) is 0. The second kappa shape index (κ2) is 4.67. The molecule has 2 aromatic heterocycles. The van der Waals surface area contributed by atoms with Gasteiger partial charge in [-0.25, -0.2) is 9.97 Å². The summed E-state index contributed by atoms with van der Waals surface area (Å²) in [6.07, 6.45) is 3.01. The average Bonchev–Trinajstić information content (AvgIpc) is 2.87. The molecule has 2 aromatic rings. The number of ether oxygens (including phenoxy) is 1. The van der Waals surface area contributed by atoms with E-state index in [4.69, 9.17) is 9.15 Å². The van der Waals surface area contributed by atoms with Gasteiger partial charge in [-0.15, -0.1) is 0 Å². The Morgan fingerprint density at radius 1 is 1.35 bits per heavy atom. The van der Waals surface area contributed by atoms with Gasteiger partial charge in [0, 0.05) is 18.9 Å². The third-order valence-corrected chi connectivity index (χ3v) is 4.45. The van der Waals surface area contributed by atoms with Crippen molar-refractivity contribution in [2.24, 2.45) is 0 Å². The minimum Gasteiger partial charge on any atom is -0.448 e. The molecule has 3 rings (SSSR count). The van der Waals surface area contributed by atoms with Crippen LogP contribution in [0.25, 0.3) is 0 Å². The Labute approximate surface area is 126 Å². The molecule has 1 atom stereocenters. The lowest BCUT2D eigenvalue weighted by Gasteiger charge is -2.41. The Balaban J connectivity index is 2.12. The Bertz CT molecular complexity index is 638. The fourth-order valence-corrected chi connectivity index (χ4v) is 3.51. The Kier molecular flexibility index (Phi) is 3.21. The van der Waals surface area contributed by atoms with Crippen LogP contribution in [-0.4, -0.2) is 17.1 Å². The first-order valence-corrected chi connectivity index (χ1v) is 7.37. The Morgan fingerprint density at radius 2 is 2.15 bits per heavy atom. The highest BCUT2D eigenvalue weighted by Gasteiger charge is 2.48. The van der Waals surface area contributed by atoms with Crippen molar-refractivity contribution in [2.75, 3.05) is 7.11 Å². The average molecular weight is 337 g/mol. The lowest BCUT2D eigenvalue weighted by atomic mass is 9.69. The first-order valence-electron chi connectivity index (χ1n) is 6.58. The third-order valence-electron chi connectivity index (χ3n) is 4.01. The fraction of sp³-hybridized carbons (Fsp3) is 0.467. The highest BCUT2D eigenvalue weighted by atomic mass is 79.9. The maximum Gasteiger partial charge on any atom is 0.181 e. The van der Waals surface area contributed by atoms with Crippen molar-refractivity contribution in [2.45, 2.75) is 37.7 Å². The van der Waals surface area contributed by atoms with Gasteiger partial charge in [-0.3, -0.25) is 0 Å². The molecule has 20 heavy (non-hydrogen) atoms. The summed E-state index contributed by atoms with van der Waals surface area (Å²) in [4.78, 5) is 8.95. The van der Waals surface area contributed by atoms with Crippen molar-refractivity contribution in [3.63, 3.8) is 0 Å². The van der Waals surface area contributed by atoms with Crippen LogP contribution in [0, 0.1) is 0 Å². The molecule has 1 aliphatic carbocycles. The quantitative estimate of drug-likeness (QED) is 0.786. The van der Waals surface area contributed by atoms with Gasteiger partial charge in [-0.2, -0.15) is 0 Å². The first kappa shape index (κ1) is 13.8. The zero-order valence-corrected chi connectivity index (χ0v) is 13.4. The standard InChI is InChI=1S/C15H17BrN2O2/c1-14(2)8-15(19-3,7-10-13(14)20-9-17-10)11-5-4-6-12(16)18-11/h4-6,9H,7-8H2,1-3H3. The van der Waals surface area contributed by atoms with Gasteiger partial charge in [-0.05, 0) is 34.5 Å². The summed E-state index contributed by atoms with van der Waals surface area (Å²) < 4.78 is 12.3. The molecule has 0 N–H and O–H groups in total. The van der Waals surface area contributed by atoms with Crippen LogP contribution >= 0.6 is 15.9 Å². The number of aromatic nitrogens is 2. The second-order valence-electron chi connectivity index (χ2n) is 5.91. The summed E-state index contributed by atoms with van der Waals surface area (Å²) in [6.45, 7) is 4.31. The third kappa shape index (κ3) is 2.09. The smallest absolute Gasteiger partial charge is 0.181 e. The van der Waals surface area contributed by atoms with Gasteiger partial charge < -0.3 is 9.15 Å². The van der Waals surface area contributed by atoms with Crippen LogP contribution < -0.4 is 0 Å². The summed E-state index contributed by atoms with van der Waals surface area (Å²) in [5.74, 6) is 0.958. The molecule has 0 aliphatic heterocycles. The summed E-state index contributed by atoms with van der Waals surface area (Å²) in [5.41, 5.74) is 1.29. The molecule has 0 spiro atoms. The van der Waals surface area contributed by atoms with Crippen LogP contribution in [0.1, 0.15) is 37.4 Å². The van der Waals surface area contributed by atoms with E-state index >= 15 is 0 Å². The van der Waals surface area contributed by atoms with Crippen LogP contribution in [-0.2, 0) is 22.2 Å². The van der Waals surface area contributed by atoms with Crippen LogP contribution in [0.2, 0.25) is 0 Å². The van der Waals surface area contributed by atoms with Crippen molar-refractivity contribution in [1.82, 2.24) is 9.97 Å². The highest BCUT2D eigenvalue weighted by molar-refractivity contribution is 9.10. The number of rotatable bonds is 2. The molecule has 1 unspecified atom stereocenters. The van der Waals surface area contributed by atoms with Crippen LogP contribution in [0.15, 0.2) is 33.6 Å². The van der Waals surface area contributed by atoms with Crippen molar-refractivity contribution in [1.29, 1.82) is 0 Å². The van der Waals surface area contributed by atoms with Crippen LogP contribution in [0.4, 0.5) is 0 Å². The summed E-state index contributed by atoms with van der Waals surface area (Å²) in [7, 11) is 1.74. The number of fused-ring (bicyclic) bond motifs is 1. The number of oxazole rings is 1. The lowest BCUT2D eigenvalue weighted by molar-refractivity contribution is -0.0510. The van der Waals surface area contributed by atoms with E-state index in [9.17, 15) is 0 Å². The van der Waals surface area contributed by atoms with Crippen molar-refractivity contribution < 1.29 is 9.15 Å². The number of pyridine rings is 1. The predicted octanol–water partition coefficient (Wildman–Crippen LogP) is 3.60. The molecule has 0 fully saturated rings. The largest absolute Gasteiger partial charge is 0.448 e. The topological polar surface area (TPSA) is 48.2 Å². The van der Waals surface area contributed by atoms with E-state index in [-0.39, 0.29) is 5.41 Å². The van der Waals surface area contributed by atoms with E-state index < -0.39 is 5.60 Å². The predicted molar refractivity (Wildman–Crippen MR) is 78.5 cm³/mol. The fourth-order valence-electron chi connectivity index (χ4n) is 3.16. The molecule has 0 bridgehead atoms. The summed E-state index contributed by atoms with van der Waals surface area (Å²) in [6, 6.07) is 5.91. The van der Waals surface area contributed by atoms with Crippen molar-refractivity contribution in [3.05, 3.63) is 46.3 Å². The molecular weight excluding hydrogens is 320 g/mol. The zero-order chi connectivity index (χ0) is 14.4. The second-order valence-corrected chi connectivity index (χ2v) is 6.72. The van der Waals surface area contributed by atoms with Gasteiger partial charge in [0.05, 0.1) is 11.4 Å². The van der Waals surface area contributed by atoms with Crippen molar-refractivity contribution in [3.8, 4) is 0 Å². The van der Waals surface area contributed by atoms with E-state index in [1.54, 1.807) is 7.11 Å². The molecule has 106 valence electrons. The van der Waals surface area contributed by atoms with E-state index in [2.05, 4.69) is 39.7 Å². The van der Waals surface area contributed by atoms with Gasteiger partial charge in [0.1, 0.15) is 16.0 Å². The van der Waals surface area contributed by atoms with Gasteiger partial charge in [0.25, 0.3) is 0 Å². The molecule has 0 radical (unpaired) electrons. The molecule has 1 aliphatic rings. The first-order chi connectivity index (χ1) is 9.47. The van der Waals surface area contributed by atoms with Gasteiger partial charge in [0.15, 0.2) is 6.39 Å². The van der Waals surface area contributed by atoms with E-state index in [0.717, 1.165) is 28.2 Å². The zero-order valence-electron chi connectivity index (χ0n) is 11.8. The number of methoxy groups -OCH3 is 1. The minimum absolute atomic E-state index is 0.135. The maximum atomic E-state index is 5.92. The normalized spacial score (nSPS) is 24.4. The number of hydrogen-bond donors (Lipinski definition) is 0. The van der Waals surface area contributed by atoms with E-state index in [1.165, 1.54) is 6.39 Å². The van der Waals surface area contributed by atoms with Gasteiger partial charge in [-0.1, -0.05) is 19.9 Å². The molecular formula is C15H17BrN2O2. The number of nitrogens with zero attached hydrogens (tertiary/aromatic N) is 2. The molecule has 2 heterocycles. The Morgan fingerprint density at radius 3 is 2.85 bits per heavy atom. The highest BCUT2D eigenvalue weighted by Crippen LogP contribution is 2.47. The lowest BCUT2D eigenvalue weighted by Crippen LogP contribution is -2.43. The molecule has 0 amide bonds. The SMILES string of the molecule is COC1(c2cccc(Br)n2)Cc2ncoc2C(C)(C)C1. The van der Waals surface area contributed by atoms with Crippen molar-refractivity contribution >= 4 is 15.9 Å². The van der Waals surface area contributed by atoms with Crippen LogP contribution in [0.3, 0.4) is 0 Å².